The van der Waals surface area contributed by atoms with Crippen LogP contribution in [0.4, 0.5) is 0 Å². The van der Waals surface area contributed by atoms with Crippen molar-refractivity contribution in [2.75, 3.05) is 0 Å². The first-order chi connectivity index (χ1) is 10.6. The van der Waals surface area contributed by atoms with Gasteiger partial charge in [-0.3, -0.25) is 0 Å². The molecule has 5 heteroatoms. The lowest BCUT2D eigenvalue weighted by atomic mass is 9.73. The largest absolute Gasteiger partial charge is 0.383 e. The van der Waals surface area contributed by atoms with Crippen molar-refractivity contribution in [1.82, 2.24) is 9.55 Å². The Morgan fingerprint density at radius 1 is 1.23 bits per heavy atom. The number of aliphatic hydroxyl groups is 1. The maximum absolute atomic E-state index is 11.6. The number of hydrogen-bond donors (Lipinski definition) is 1. The van der Waals surface area contributed by atoms with E-state index in [1.54, 1.807) is 24.7 Å². The van der Waals surface area contributed by atoms with Crippen molar-refractivity contribution in [3.8, 4) is 0 Å². The molecule has 22 heavy (non-hydrogen) atoms. The molecule has 0 aliphatic heterocycles. The normalized spacial score (nSPS) is 19.0. The van der Waals surface area contributed by atoms with Crippen LogP contribution in [0.25, 0.3) is 0 Å². The van der Waals surface area contributed by atoms with Gasteiger partial charge in [-0.05, 0) is 30.9 Å². The number of nitrogens with zero attached hydrogens (tertiary/aromatic N) is 2. The van der Waals surface area contributed by atoms with Crippen molar-refractivity contribution in [1.29, 1.82) is 0 Å². The molecule has 1 atom stereocenters. The highest BCUT2D eigenvalue weighted by molar-refractivity contribution is 6.35. The number of rotatable bonds is 4. The number of hydrogen-bond acceptors (Lipinski definition) is 2. The van der Waals surface area contributed by atoms with Gasteiger partial charge in [-0.2, -0.15) is 0 Å². The van der Waals surface area contributed by atoms with E-state index in [1.807, 2.05) is 16.8 Å². The molecule has 1 aromatic carbocycles. The van der Waals surface area contributed by atoms with Crippen LogP contribution in [0.5, 0.6) is 0 Å². The number of imidazole rings is 1. The van der Waals surface area contributed by atoms with Crippen LogP contribution in [0.2, 0.25) is 10.0 Å². The topological polar surface area (TPSA) is 38.0 Å². The van der Waals surface area contributed by atoms with Crippen LogP contribution in [0.1, 0.15) is 37.7 Å². The van der Waals surface area contributed by atoms with Gasteiger partial charge in [0.05, 0.1) is 12.9 Å². The third kappa shape index (κ3) is 3.17. The van der Waals surface area contributed by atoms with Crippen molar-refractivity contribution in [3.63, 3.8) is 0 Å². The zero-order chi connectivity index (χ0) is 15.6. The Hall–Kier alpha value is -1.03. The molecule has 1 aliphatic carbocycles. The summed E-state index contributed by atoms with van der Waals surface area (Å²) in [5.74, 6) is 0.197. The van der Waals surface area contributed by atoms with E-state index in [0.717, 1.165) is 31.2 Å². The maximum atomic E-state index is 11.6. The second-order valence-corrected chi connectivity index (χ2v) is 6.96. The number of benzene rings is 1. The molecule has 0 saturated heterocycles. The summed E-state index contributed by atoms with van der Waals surface area (Å²) in [6, 6.07) is 5.36. The number of halogens is 2. The van der Waals surface area contributed by atoms with E-state index in [-0.39, 0.29) is 5.92 Å². The molecule has 1 aliphatic rings. The standard InChI is InChI=1S/C17H20Cl2N2O/c18-14-6-7-15(16(19)10-14)17(22,11-21-9-8-20-12-21)13-4-2-1-3-5-13/h6-10,12-13,22H,1-5,11H2. The van der Waals surface area contributed by atoms with Crippen LogP contribution < -0.4 is 0 Å². The van der Waals surface area contributed by atoms with E-state index < -0.39 is 5.60 Å². The Bertz CT molecular complexity index is 624. The van der Waals surface area contributed by atoms with E-state index in [0.29, 0.717) is 16.6 Å². The first-order valence-electron chi connectivity index (χ1n) is 7.73. The molecule has 0 amide bonds. The molecule has 3 nitrogen and oxygen atoms in total. The first-order valence-corrected chi connectivity index (χ1v) is 8.49. The Labute approximate surface area is 140 Å². The van der Waals surface area contributed by atoms with Gasteiger partial charge in [0.25, 0.3) is 0 Å². The highest BCUT2D eigenvalue weighted by atomic mass is 35.5. The minimum atomic E-state index is -0.997. The highest BCUT2D eigenvalue weighted by Crippen LogP contribution is 2.43. The van der Waals surface area contributed by atoms with Crippen LogP contribution in [0.15, 0.2) is 36.9 Å². The van der Waals surface area contributed by atoms with Gasteiger partial charge in [-0.15, -0.1) is 0 Å². The van der Waals surface area contributed by atoms with Gasteiger partial charge in [-0.25, -0.2) is 4.98 Å². The van der Waals surface area contributed by atoms with Crippen molar-refractivity contribution < 1.29 is 5.11 Å². The van der Waals surface area contributed by atoms with Gasteiger partial charge in [0.2, 0.25) is 0 Å². The van der Waals surface area contributed by atoms with Gasteiger partial charge in [0.1, 0.15) is 5.60 Å². The van der Waals surface area contributed by atoms with E-state index in [4.69, 9.17) is 23.2 Å². The molecule has 0 radical (unpaired) electrons. The molecule has 3 rings (SSSR count). The fourth-order valence-corrected chi connectivity index (χ4v) is 4.09. The Morgan fingerprint density at radius 3 is 2.64 bits per heavy atom. The molecule has 1 N–H and O–H groups in total. The minimum absolute atomic E-state index is 0.197. The summed E-state index contributed by atoms with van der Waals surface area (Å²) < 4.78 is 1.92. The fourth-order valence-electron chi connectivity index (χ4n) is 3.51. The third-order valence-electron chi connectivity index (χ3n) is 4.66. The predicted molar refractivity (Wildman–Crippen MR) is 89.2 cm³/mol. The Kier molecular flexibility index (Phi) is 4.76. The van der Waals surface area contributed by atoms with Gasteiger partial charge >= 0.3 is 0 Å². The zero-order valence-corrected chi connectivity index (χ0v) is 13.9. The fraction of sp³-hybridized carbons (Fsp3) is 0.471. The number of aromatic nitrogens is 2. The highest BCUT2D eigenvalue weighted by Gasteiger charge is 2.40. The molecule has 1 heterocycles. The van der Waals surface area contributed by atoms with Crippen LogP contribution in [-0.4, -0.2) is 14.7 Å². The Morgan fingerprint density at radius 2 is 2.00 bits per heavy atom. The van der Waals surface area contributed by atoms with Crippen LogP contribution in [0, 0.1) is 5.92 Å². The molecule has 1 unspecified atom stereocenters. The SMILES string of the molecule is OC(Cn1ccnc1)(c1ccc(Cl)cc1Cl)C1CCCCC1. The summed E-state index contributed by atoms with van der Waals surface area (Å²) in [7, 11) is 0. The monoisotopic (exact) mass is 338 g/mol. The van der Waals surface area contributed by atoms with Crippen molar-refractivity contribution in [2.45, 2.75) is 44.2 Å². The van der Waals surface area contributed by atoms with Gasteiger partial charge < -0.3 is 9.67 Å². The quantitative estimate of drug-likeness (QED) is 0.880. The smallest absolute Gasteiger partial charge is 0.112 e. The summed E-state index contributed by atoms with van der Waals surface area (Å²) in [6.45, 7) is 0.457. The summed E-state index contributed by atoms with van der Waals surface area (Å²) in [6.07, 6.45) is 10.9. The summed E-state index contributed by atoms with van der Waals surface area (Å²) >= 11 is 12.4. The molecule has 0 bridgehead atoms. The third-order valence-corrected chi connectivity index (χ3v) is 5.21. The van der Waals surface area contributed by atoms with Crippen molar-refractivity contribution >= 4 is 23.2 Å². The average Bonchev–Trinajstić information content (AvgIpc) is 3.00. The second kappa shape index (κ2) is 6.61. The lowest BCUT2D eigenvalue weighted by molar-refractivity contribution is -0.0531. The second-order valence-electron chi connectivity index (χ2n) is 6.12. The molecule has 118 valence electrons. The van der Waals surface area contributed by atoms with Crippen LogP contribution in [-0.2, 0) is 12.1 Å². The minimum Gasteiger partial charge on any atom is -0.383 e. The molecule has 1 aromatic heterocycles. The maximum Gasteiger partial charge on any atom is 0.112 e. The van der Waals surface area contributed by atoms with Crippen molar-refractivity contribution in [3.05, 3.63) is 52.5 Å². The molecule has 1 fully saturated rings. The Balaban J connectivity index is 2.00. The average molecular weight is 339 g/mol. The van der Waals surface area contributed by atoms with Gasteiger partial charge in [-0.1, -0.05) is 48.5 Å². The lowest BCUT2D eigenvalue weighted by Gasteiger charge is -2.39. The van der Waals surface area contributed by atoms with Gasteiger partial charge in [0, 0.05) is 28.0 Å². The molecule has 2 aromatic rings. The van der Waals surface area contributed by atoms with E-state index >= 15 is 0 Å². The summed E-state index contributed by atoms with van der Waals surface area (Å²) in [5, 5.41) is 12.7. The van der Waals surface area contributed by atoms with Gasteiger partial charge in [0.15, 0.2) is 0 Å². The molecular formula is C17H20Cl2N2O. The zero-order valence-electron chi connectivity index (χ0n) is 12.4. The first kappa shape index (κ1) is 15.9. The molecule has 1 saturated carbocycles. The lowest BCUT2D eigenvalue weighted by Crippen LogP contribution is -2.40. The summed E-state index contributed by atoms with van der Waals surface area (Å²) in [4.78, 5) is 4.08. The van der Waals surface area contributed by atoms with Crippen molar-refractivity contribution in [2.24, 2.45) is 5.92 Å². The summed E-state index contributed by atoms with van der Waals surface area (Å²) in [5.41, 5.74) is -0.234. The van der Waals surface area contributed by atoms with Crippen LogP contribution >= 0.6 is 23.2 Å². The van der Waals surface area contributed by atoms with E-state index in [1.165, 1.54) is 6.42 Å². The molecule has 0 spiro atoms. The van der Waals surface area contributed by atoms with E-state index in [9.17, 15) is 5.11 Å². The molecular weight excluding hydrogens is 319 g/mol. The van der Waals surface area contributed by atoms with Crippen LogP contribution in [0.3, 0.4) is 0 Å². The van der Waals surface area contributed by atoms with E-state index in [2.05, 4.69) is 4.98 Å². The predicted octanol–water partition coefficient (Wildman–Crippen LogP) is 4.66.